The van der Waals surface area contributed by atoms with Crippen LogP contribution in [0.5, 0.6) is 0 Å². The van der Waals surface area contributed by atoms with E-state index >= 15 is 0 Å². The Morgan fingerprint density at radius 3 is 2.78 bits per heavy atom. The predicted molar refractivity (Wildman–Crippen MR) is 101 cm³/mol. The fourth-order valence-corrected chi connectivity index (χ4v) is 3.55. The second kappa shape index (κ2) is 7.97. The van der Waals surface area contributed by atoms with Crippen molar-refractivity contribution in [1.29, 1.82) is 0 Å². The number of aromatic nitrogens is 1. The Bertz CT molecular complexity index is 664. The van der Waals surface area contributed by atoms with Crippen molar-refractivity contribution in [3.8, 4) is 0 Å². The number of hydrogen-bond acceptors (Lipinski definition) is 4. The third kappa shape index (κ3) is 4.15. The zero-order valence-corrected chi connectivity index (χ0v) is 15.2. The average Bonchev–Trinajstić information content (AvgIpc) is 3.22. The van der Waals surface area contributed by atoms with Crippen molar-refractivity contribution in [2.24, 2.45) is 4.99 Å². The Morgan fingerprint density at radius 1 is 1.22 bits per heavy atom. The van der Waals surface area contributed by atoms with Crippen LogP contribution in [0, 0.1) is 0 Å². The summed E-state index contributed by atoms with van der Waals surface area (Å²) in [5, 5.41) is 0. The Balaban J connectivity index is 1.72. The quantitative estimate of drug-likeness (QED) is 0.704. The number of hydrogen-bond donors (Lipinski definition) is 0. The van der Waals surface area contributed by atoms with Crippen LogP contribution in [-0.2, 0) is 11.3 Å². The van der Waals surface area contributed by atoms with Gasteiger partial charge in [0, 0.05) is 17.6 Å². The third-order valence-electron chi connectivity index (χ3n) is 3.93. The summed E-state index contributed by atoms with van der Waals surface area (Å²) < 4.78 is 8.05. The Kier molecular flexibility index (Phi) is 5.73. The Labute approximate surface area is 146 Å². The summed E-state index contributed by atoms with van der Waals surface area (Å²) in [6.07, 6.45) is 7.41. The molecule has 0 fully saturated rings. The maximum absolute atomic E-state index is 5.84. The fraction of sp³-hybridized carbons (Fsp3) is 0.389. The lowest BCUT2D eigenvalue weighted by Gasteiger charge is -2.09. The number of nitrogens with zero attached hydrogens (tertiary/aromatic N) is 2. The number of rotatable bonds is 7. The van der Waals surface area contributed by atoms with E-state index in [2.05, 4.69) is 59.7 Å². The predicted octanol–water partition coefficient (Wildman–Crippen LogP) is 4.16. The van der Waals surface area contributed by atoms with Crippen molar-refractivity contribution >= 4 is 29.4 Å². The summed E-state index contributed by atoms with van der Waals surface area (Å²) in [5.74, 6) is 1.93. The van der Waals surface area contributed by atoms with Gasteiger partial charge < -0.3 is 9.30 Å². The molecule has 0 unspecified atom stereocenters. The van der Waals surface area contributed by atoms with E-state index in [1.807, 2.05) is 11.8 Å². The minimum absolute atomic E-state index is 0.307. The Morgan fingerprint density at radius 2 is 2.04 bits per heavy atom. The molecule has 0 N–H and O–H groups in total. The van der Waals surface area contributed by atoms with Crippen molar-refractivity contribution in [1.82, 2.24) is 4.57 Å². The molecule has 0 radical (unpaired) electrons. The number of ether oxygens (including phenoxy) is 1. The van der Waals surface area contributed by atoms with Gasteiger partial charge in [0.2, 0.25) is 5.90 Å². The van der Waals surface area contributed by atoms with E-state index in [1.54, 1.807) is 11.8 Å². The first-order chi connectivity index (χ1) is 11.3. The van der Waals surface area contributed by atoms with E-state index in [9.17, 15) is 0 Å². The summed E-state index contributed by atoms with van der Waals surface area (Å²) in [4.78, 5) is 6.05. The number of benzene rings is 1. The lowest BCUT2D eigenvalue weighted by atomic mass is 10.2. The van der Waals surface area contributed by atoms with Gasteiger partial charge in [0.05, 0.1) is 6.04 Å². The largest absolute Gasteiger partial charge is 0.474 e. The van der Waals surface area contributed by atoms with Gasteiger partial charge in [-0.25, -0.2) is 4.99 Å². The highest BCUT2D eigenvalue weighted by Crippen LogP contribution is 2.19. The molecule has 23 heavy (non-hydrogen) atoms. The van der Waals surface area contributed by atoms with Crippen molar-refractivity contribution in [3.63, 3.8) is 0 Å². The van der Waals surface area contributed by atoms with Crippen LogP contribution in [0.1, 0.15) is 17.7 Å². The van der Waals surface area contributed by atoms with E-state index < -0.39 is 0 Å². The van der Waals surface area contributed by atoms with Gasteiger partial charge in [-0.1, -0.05) is 12.1 Å². The third-order valence-corrected chi connectivity index (χ3v) is 5.32. The van der Waals surface area contributed by atoms with Crippen LogP contribution in [0.3, 0.4) is 0 Å². The lowest BCUT2D eigenvalue weighted by molar-refractivity contribution is 0.314. The van der Waals surface area contributed by atoms with Crippen molar-refractivity contribution in [2.45, 2.75) is 23.9 Å². The topological polar surface area (TPSA) is 26.5 Å². The molecule has 2 heterocycles. The molecular formula is C18H22N2OS2. The molecule has 2 aromatic rings. The minimum atomic E-state index is 0.307. The minimum Gasteiger partial charge on any atom is -0.474 e. The van der Waals surface area contributed by atoms with E-state index in [0.29, 0.717) is 12.6 Å². The zero-order valence-electron chi connectivity index (χ0n) is 13.6. The smallest absolute Gasteiger partial charge is 0.233 e. The average molecular weight is 347 g/mol. The van der Waals surface area contributed by atoms with Gasteiger partial charge in [-0.3, -0.25) is 0 Å². The zero-order chi connectivity index (χ0) is 16.1. The first-order valence-corrected chi connectivity index (χ1v) is 10.4. The molecule has 0 spiro atoms. The standard InChI is InChI=1S/C18H22N2OS2/c1-22-11-9-15-13-21-18(19-15)17-4-3-10-20(17)12-14-5-7-16(23-2)8-6-14/h3-8,10,15H,9,11-13H2,1-2H3/t15-/m1/s1. The van der Waals surface area contributed by atoms with Crippen molar-refractivity contribution < 1.29 is 4.74 Å². The molecule has 1 aromatic heterocycles. The van der Waals surface area contributed by atoms with E-state index in [1.165, 1.54) is 10.5 Å². The number of aliphatic imine (C=N–C) groups is 1. The van der Waals surface area contributed by atoms with Crippen LogP contribution in [0.25, 0.3) is 0 Å². The maximum Gasteiger partial charge on any atom is 0.233 e. The van der Waals surface area contributed by atoms with Gasteiger partial charge in [0.15, 0.2) is 0 Å². The van der Waals surface area contributed by atoms with E-state index in [-0.39, 0.29) is 0 Å². The molecule has 3 nitrogen and oxygen atoms in total. The molecule has 1 atom stereocenters. The highest BCUT2D eigenvalue weighted by atomic mass is 32.2. The van der Waals surface area contributed by atoms with E-state index in [4.69, 9.17) is 9.73 Å². The maximum atomic E-state index is 5.84. The molecule has 1 aliphatic heterocycles. The second-order valence-corrected chi connectivity index (χ2v) is 7.42. The van der Waals surface area contributed by atoms with E-state index in [0.717, 1.165) is 30.3 Å². The van der Waals surface area contributed by atoms with Crippen LogP contribution in [0.15, 0.2) is 52.5 Å². The van der Waals surface area contributed by atoms with Crippen LogP contribution < -0.4 is 0 Å². The molecule has 0 amide bonds. The first-order valence-electron chi connectivity index (χ1n) is 7.78. The molecule has 5 heteroatoms. The molecule has 1 aromatic carbocycles. The van der Waals surface area contributed by atoms with Gasteiger partial charge >= 0.3 is 0 Å². The van der Waals surface area contributed by atoms with Crippen LogP contribution in [-0.4, -0.2) is 41.4 Å². The van der Waals surface area contributed by atoms with Gasteiger partial charge in [0.25, 0.3) is 0 Å². The molecule has 0 aliphatic carbocycles. The fourth-order valence-electron chi connectivity index (χ4n) is 2.63. The molecule has 0 saturated carbocycles. The molecule has 122 valence electrons. The monoisotopic (exact) mass is 346 g/mol. The lowest BCUT2D eigenvalue weighted by Crippen LogP contribution is -2.10. The highest BCUT2D eigenvalue weighted by molar-refractivity contribution is 7.98. The Hall–Kier alpha value is -1.33. The highest BCUT2D eigenvalue weighted by Gasteiger charge is 2.21. The van der Waals surface area contributed by atoms with Crippen molar-refractivity contribution in [2.75, 3.05) is 24.9 Å². The molecule has 0 saturated heterocycles. The summed E-state index contributed by atoms with van der Waals surface area (Å²) >= 11 is 3.63. The molecule has 3 rings (SSSR count). The van der Waals surface area contributed by atoms with Gasteiger partial charge in [0.1, 0.15) is 12.3 Å². The van der Waals surface area contributed by atoms with Crippen LogP contribution >= 0.6 is 23.5 Å². The summed E-state index contributed by atoms with van der Waals surface area (Å²) in [7, 11) is 0. The van der Waals surface area contributed by atoms with Gasteiger partial charge in [-0.05, 0) is 54.5 Å². The molecule has 1 aliphatic rings. The van der Waals surface area contributed by atoms with Crippen molar-refractivity contribution in [3.05, 3.63) is 53.9 Å². The van der Waals surface area contributed by atoms with Gasteiger partial charge in [-0.15, -0.1) is 11.8 Å². The summed E-state index contributed by atoms with van der Waals surface area (Å²) in [6, 6.07) is 13.2. The van der Waals surface area contributed by atoms with Crippen LogP contribution in [0.2, 0.25) is 0 Å². The SMILES string of the molecule is CSCC[C@@H]1COC(c2cccn2Cc2ccc(SC)cc2)=N1. The summed E-state index contributed by atoms with van der Waals surface area (Å²) in [5.41, 5.74) is 2.36. The first kappa shape index (κ1) is 16.5. The molecule has 0 bridgehead atoms. The summed E-state index contributed by atoms with van der Waals surface area (Å²) in [6.45, 7) is 1.55. The van der Waals surface area contributed by atoms with Gasteiger partial charge in [-0.2, -0.15) is 11.8 Å². The number of thioether (sulfide) groups is 2. The van der Waals surface area contributed by atoms with Crippen LogP contribution in [0.4, 0.5) is 0 Å². The second-order valence-electron chi connectivity index (χ2n) is 5.55. The molecular weight excluding hydrogens is 324 g/mol. The normalized spacial score (nSPS) is 17.1.